The number of esters is 3. The van der Waals surface area contributed by atoms with Gasteiger partial charge in [0.25, 0.3) is 0 Å². The molecule has 0 N–H and O–H groups in total. The zero-order valence-corrected chi connectivity index (χ0v) is 50.3. The molecule has 434 valence electrons. The minimum atomic E-state index is -0.764. The summed E-state index contributed by atoms with van der Waals surface area (Å²) in [5, 5.41) is 0. The minimum Gasteiger partial charge on any atom is -0.462 e. The van der Waals surface area contributed by atoms with Crippen molar-refractivity contribution in [3.63, 3.8) is 0 Å². The number of carbonyl (C=O) groups is 3. The fourth-order valence-corrected chi connectivity index (χ4v) is 10.4. The van der Waals surface area contributed by atoms with E-state index in [4.69, 9.17) is 14.2 Å². The molecule has 0 aliphatic rings. The van der Waals surface area contributed by atoms with Crippen LogP contribution in [0.1, 0.15) is 381 Å². The number of ether oxygens (including phenoxy) is 3. The molecular weight excluding hydrogens is 901 g/mol. The van der Waals surface area contributed by atoms with Crippen LogP contribution in [0.2, 0.25) is 0 Å². The average molecular weight is 1030 g/mol. The van der Waals surface area contributed by atoms with Crippen LogP contribution in [0.25, 0.3) is 0 Å². The lowest BCUT2D eigenvalue weighted by Gasteiger charge is -2.18. The molecule has 0 spiro atoms. The van der Waals surface area contributed by atoms with Gasteiger partial charge in [0, 0.05) is 19.3 Å². The van der Waals surface area contributed by atoms with Gasteiger partial charge in [0.2, 0.25) is 0 Å². The van der Waals surface area contributed by atoms with Crippen molar-refractivity contribution in [2.24, 2.45) is 11.8 Å². The molecule has 0 aliphatic heterocycles. The van der Waals surface area contributed by atoms with Crippen LogP contribution in [0.4, 0.5) is 0 Å². The molecule has 0 aromatic carbocycles. The molecule has 0 rings (SSSR count). The predicted molar refractivity (Wildman–Crippen MR) is 316 cm³/mol. The first-order chi connectivity index (χ1) is 35.8. The number of hydrogen-bond donors (Lipinski definition) is 0. The van der Waals surface area contributed by atoms with E-state index in [1.165, 1.54) is 270 Å². The Bertz CT molecular complexity index is 1120. The Labute approximate surface area is 457 Å². The van der Waals surface area contributed by atoms with Gasteiger partial charge in [-0.2, -0.15) is 0 Å². The molecule has 1 unspecified atom stereocenters. The second-order valence-electron chi connectivity index (χ2n) is 23.8. The maximum Gasteiger partial charge on any atom is 0.306 e. The SMILES string of the molecule is CCCCCCCCCCCCCCCCCCCCCC(=O)O[C@H](COC(=O)CCCCCCCCCCCCCCCCCC(C)C)COC(=O)CCCCCCCCCCCCCCCCC(C)CC. The Morgan fingerprint density at radius 3 is 0.781 bits per heavy atom. The third-order valence-corrected chi connectivity index (χ3v) is 15.8. The molecular formula is C67H130O6. The molecule has 2 atom stereocenters. The summed E-state index contributed by atoms with van der Waals surface area (Å²) >= 11 is 0. The van der Waals surface area contributed by atoms with Crippen molar-refractivity contribution in [1.29, 1.82) is 0 Å². The van der Waals surface area contributed by atoms with E-state index in [0.717, 1.165) is 69.6 Å². The van der Waals surface area contributed by atoms with Gasteiger partial charge >= 0.3 is 17.9 Å². The van der Waals surface area contributed by atoms with E-state index in [1.54, 1.807) is 0 Å². The number of carbonyl (C=O) groups excluding carboxylic acids is 3. The van der Waals surface area contributed by atoms with Gasteiger partial charge in [0.05, 0.1) is 0 Å². The normalized spacial score (nSPS) is 12.4. The van der Waals surface area contributed by atoms with Crippen molar-refractivity contribution in [1.82, 2.24) is 0 Å². The molecule has 0 heterocycles. The molecule has 0 bridgehead atoms. The summed E-state index contributed by atoms with van der Waals surface area (Å²) in [6.07, 6.45) is 66.7. The molecule has 0 saturated carbocycles. The first-order valence-corrected chi connectivity index (χ1v) is 33.3. The molecule has 73 heavy (non-hydrogen) atoms. The molecule has 0 aromatic rings. The summed E-state index contributed by atoms with van der Waals surface area (Å²) in [4.78, 5) is 38.4. The average Bonchev–Trinajstić information content (AvgIpc) is 3.38. The molecule has 6 heteroatoms. The smallest absolute Gasteiger partial charge is 0.306 e. The number of hydrogen-bond acceptors (Lipinski definition) is 6. The van der Waals surface area contributed by atoms with E-state index in [1.807, 2.05) is 0 Å². The van der Waals surface area contributed by atoms with E-state index in [0.29, 0.717) is 19.3 Å². The molecule has 6 nitrogen and oxygen atoms in total. The van der Waals surface area contributed by atoms with Gasteiger partial charge in [0.15, 0.2) is 6.10 Å². The zero-order chi connectivity index (χ0) is 53.2. The van der Waals surface area contributed by atoms with Crippen molar-refractivity contribution < 1.29 is 28.6 Å². The fraction of sp³-hybridized carbons (Fsp3) is 0.955. The highest BCUT2D eigenvalue weighted by Gasteiger charge is 2.19. The lowest BCUT2D eigenvalue weighted by molar-refractivity contribution is -0.167. The minimum absolute atomic E-state index is 0.0616. The Hall–Kier alpha value is -1.59. The van der Waals surface area contributed by atoms with Crippen LogP contribution in [-0.4, -0.2) is 37.2 Å². The lowest BCUT2D eigenvalue weighted by atomic mass is 9.99. The van der Waals surface area contributed by atoms with Gasteiger partial charge in [-0.25, -0.2) is 0 Å². The highest BCUT2D eigenvalue weighted by molar-refractivity contribution is 5.71. The number of rotatable bonds is 61. The Morgan fingerprint density at radius 2 is 0.521 bits per heavy atom. The largest absolute Gasteiger partial charge is 0.462 e. The van der Waals surface area contributed by atoms with E-state index in [2.05, 4.69) is 34.6 Å². The number of unbranched alkanes of at least 4 members (excludes halogenated alkanes) is 45. The van der Waals surface area contributed by atoms with Crippen molar-refractivity contribution in [2.75, 3.05) is 13.2 Å². The summed E-state index contributed by atoms with van der Waals surface area (Å²) < 4.78 is 17.0. The van der Waals surface area contributed by atoms with Crippen LogP contribution in [-0.2, 0) is 28.6 Å². The molecule has 0 amide bonds. The van der Waals surface area contributed by atoms with Crippen LogP contribution >= 0.6 is 0 Å². The highest BCUT2D eigenvalue weighted by atomic mass is 16.6. The van der Waals surface area contributed by atoms with E-state index in [9.17, 15) is 14.4 Å². The lowest BCUT2D eigenvalue weighted by Crippen LogP contribution is -2.30. The molecule has 0 aromatic heterocycles. The van der Waals surface area contributed by atoms with Gasteiger partial charge < -0.3 is 14.2 Å². The van der Waals surface area contributed by atoms with E-state index in [-0.39, 0.29) is 31.1 Å². The van der Waals surface area contributed by atoms with Crippen LogP contribution in [0.15, 0.2) is 0 Å². The summed E-state index contributed by atoms with van der Waals surface area (Å²) in [6, 6.07) is 0. The van der Waals surface area contributed by atoms with Crippen LogP contribution in [0.3, 0.4) is 0 Å². The third kappa shape index (κ3) is 59.5. The second kappa shape index (κ2) is 59.7. The van der Waals surface area contributed by atoms with Gasteiger partial charge in [-0.05, 0) is 31.1 Å². The highest BCUT2D eigenvalue weighted by Crippen LogP contribution is 2.20. The zero-order valence-electron chi connectivity index (χ0n) is 50.3. The first-order valence-electron chi connectivity index (χ1n) is 33.3. The van der Waals surface area contributed by atoms with Gasteiger partial charge in [-0.15, -0.1) is 0 Å². The Balaban J connectivity index is 4.29. The summed E-state index contributed by atoms with van der Waals surface area (Å²) in [5.41, 5.74) is 0. The van der Waals surface area contributed by atoms with Crippen LogP contribution < -0.4 is 0 Å². The van der Waals surface area contributed by atoms with Gasteiger partial charge in [0.1, 0.15) is 13.2 Å². The summed E-state index contributed by atoms with van der Waals surface area (Å²) in [6.45, 7) is 11.5. The Morgan fingerprint density at radius 1 is 0.288 bits per heavy atom. The predicted octanol–water partition coefficient (Wildman–Crippen LogP) is 22.4. The van der Waals surface area contributed by atoms with Crippen LogP contribution in [0, 0.1) is 11.8 Å². The Kier molecular flexibility index (Phi) is 58.4. The quantitative estimate of drug-likeness (QED) is 0.0343. The first kappa shape index (κ1) is 71.4. The third-order valence-electron chi connectivity index (χ3n) is 15.8. The van der Waals surface area contributed by atoms with E-state index < -0.39 is 6.10 Å². The van der Waals surface area contributed by atoms with Gasteiger partial charge in [-0.1, -0.05) is 343 Å². The summed E-state index contributed by atoms with van der Waals surface area (Å²) in [5.74, 6) is 0.917. The standard InChI is InChI=1S/C67H130O6/c1-6-8-9-10-11-12-13-14-15-16-17-18-21-29-34-39-44-49-54-59-67(70)73-64(60-71-65(68)57-52-47-42-37-32-27-22-19-20-25-30-35-40-45-50-55-62(3)4)61-72-66(69)58-53-48-43-38-33-28-24-23-26-31-36-41-46-51-56-63(5)7-2/h62-64H,6-61H2,1-5H3/t63?,64-/m1/s1. The van der Waals surface area contributed by atoms with Crippen molar-refractivity contribution in [2.45, 2.75) is 387 Å². The van der Waals surface area contributed by atoms with Crippen LogP contribution in [0.5, 0.6) is 0 Å². The fourth-order valence-electron chi connectivity index (χ4n) is 10.4. The monoisotopic (exact) mass is 1030 g/mol. The molecule has 0 radical (unpaired) electrons. The summed E-state index contributed by atoms with van der Waals surface area (Å²) in [7, 11) is 0. The van der Waals surface area contributed by atoms with Gasteiger partial charge in [-0.3, -0.25) is 14.4 Å². The molecule has 0 saturated heterocycles. The van der Waals surface area contributed by atoms with Crippen molar-refractivity contribution in [3.05, 3.63) is 0 Å². The van der Waals surface area contributed by atoms with E-state index >= 15 is 0 Å². The van der Waals surface area contributed by atoms with Crippen molar-refractivity contribution in [3.8, 4) is 0 Å². The molecule has 0 aliphatic carbocycles. The topological polar surface area (TPSA) is 78.9 Å². The second-order valence-corrected chi connectivity index (χ2v) is 23.8. The maximum atomic E-state index is 12.9. The molecule has 0 fully saturated rings. The van der Waals surface area contributed by atoms with Crippen molar-refractivity contribution >= 4 is 17.9 Å². The maximum absolute atomic E-state index is 12.9.